The first kappa shape index (κ1) is 16.5. The van der Waals surface area contributed by atoms with Gasteiger partial charge in [0.1, 0.15) is 5.60 Å². The van der Waals surface area contributed by atoms with Crippen molar-refractivity contribution in [3.8, 4) is 0 Å². The van der Waals surface area contributed by atoms with Crippen LogP contribution in [0.4, 0.5) is 0 Å². The lowest BCUT2D eigenvalue weighted by Gasteiger charge is -2.22. The molecule has 0 fully saturated rings. The molecular formula is C16H27N3O. The molecule has 0 aliphatic heterocycles. The van der Waals surface area contributed by atoms with E-state index in [1.807, 2.05) is 37.3 Å². The minimum atomic E-state index is -0.950. The Bertz CT molecular complexity index is 401. The van der Waals surface area contributed by atoms with E-state index in [-0.39, 0.29) is 0 Å². The number of nitrogens with one attached hydrogen (secondary N) is 2. The number of rotatable bonds is 7. The minimum absolute atomic E-state index is 0.332. The van der Waals surface area contributed by atoms with Gasteiger partial charge in [0, 0.05) is 13.1 Å². The molecule has 0 aliphatic rings. The summed E-state index contributed by atoms with van der Waals surface area (Å²) in [5, 5.41) is 17.0. The maximum Gasteiger partial charge on any atom is 0.191 e. The summed E-state index contributed by atoms with van der Waals surface area (Å²) in [6.45, 7) is 8.03. The number of hydrogen-bond donors (Lipinski definition) is 3. The van der Waals surface area contributed by atoms with Gasteiger partial charge in [0.05, 0.1) is 6.54 Å². The maximum atomic E-state index is 10.5. The quantitative estimate of drug-likeness (QED) is 0.407. The lowest BCUT2D eigenvalue weighted by molar-refractivity contribution is 0.0672. The summed E-state index contributed by atoms with van der Waals surface area (Å²) in [5.41, 5.74) is -0.0675. The van der Waals surface area contributed by atoms with Crippen molar-refractivity contribution in [1.29, 1.82) is 0 Å². The first-order valence-electron chi connectivity index (χ1n) is 7.40. The molecule has 0 aliphatic carbocycles. The van der Waals surface area contributed by atoms with E-state index in [9.17, 15) is 5.11 Å². The van der Waals surface area contributed by atoms with E-state index in [0.717, 1.165) is 37.5 Å². The van der Waals surface area contributed by atoms with Gasteiger partial charge in [0.15, 0.2) is 5.96 Å². The molecule has 0 saturated heterocycles. The second-order valence-electron chi connectivity index (χ2n) is 5.12. The predicted molar refractivity (Wildman–Crippen MR) is 84.9 cm³/mol. The van der Waals surface area contributed by atoms with Gasteiger partial charge >= 0.3 is 0 Å². The highest BCUT2D eigenvalue weighted by atomic mass is 16.3. The fraction of sp³-hybridized carbons (Fsp3) is 0.562. The van der Waals surface area contributed by atoms with Gasteiger partial charge in [-0.05, 0) is 25.8 Å². The van der Waals surface area contributed by atoms with E-state index >= 15 is 0 Å². The first-order valence-corrected chi connectivity index (χ1v) is 7.40. The highest BCUT2D eigenvalue weighted by Crippen LogP contribution is 2.20. The van der Waals surface area contributed by atoms with Crippen LogP contribution in [-0.2, 0) is 5.60 Å². The Hall–Kier alpha value is -1.55. The van der Waals surface area contributed by atoms with Crippen LogP contribution >= 0.6 is 0 Å². The van der Waals surface area contributed by atoms with Crippen LogP contribution in [0.1, 0.15) is 39.2 Å². The summed E-state index contributed by atoms with van der Waals surface area (Å²) in [6.07, 6.45) is 2.26. The molecule has 0 saturated carbocycles. The Balaban J connectivity index is 2.65. The third kappa shape index (κ3) is 5.61. The highest BCUT2D eigenvalue weighted by Gasteiger charge is 2.22. The number of aliphatic imine (C=N–C) groups is 1. The van der Waals surface area contributed by atoms with Crippen LogP contribution in [0.15, 0.2) is 35.3 Å². The lowest BCUT2D eigenvalue weighted by Crippen LogP contribution is -2.39. The smallest absolute Gasteiger partial charge is 0.191 e. The zero-order chi connectivity index (χ0) is 14.8. The molecule has 20 heavy (non-hydrogen) atoms. The second kappa shape index (κ2) is 8.59. The van der Waals surface area contributed by atoms with Gasteiger partial charge in [-0.3, -0.25) is 0 Å². The maximum absolute atomic E-state index is 10.5. The predicted octanol–water partition coefficient (Wildman–Crippen LogP) is 2.25. The van der Waals surface area contributed by atoms with Gasteiger partial charge in [0.2, 0.25) is 0 Å². The van der Waals surface area contributed by atoms with E-state index in [4.69, 9.17) is 0 Å². The lowest BCUT2D eigenvalue weighted by atomic mass is 9.96. The summed E-state index contributed by atoms with van der Waals surface area (Å²) in [4.78, 5) is 4.48. The molecule has 3 N–H and O–H groups in total. The van der Waals surface area contributed by atoms with Gasteiger partial charge in [-0.15, -0.1) is 0 Å². The molecule has 0 radical (unpaired) electrons. The Morgan fingerprint density at radius 2 is 1.90 bits per heavy atom. The van der Waals surface area contributed by atoms with E-state index in [1.54, 1.807) is 6.92 Å². The molecule has 1 atom stereocenters. The van der Waals surface area contributed by atoms with Crippen LogP contribution in [0.25, 0.3) is 0 Å². The number of benzene rings is 1. The standard InChI is InChI=1S/C16H27N3O/c1-4-6-12-18-15(17-5-2)19-13-16(3,20)14-10-8-7-9-11-14/h7-11,20H,4-6,12-13H2,1-3H3,(H2,17,18,19). The molecule has 0 bridgehead atoms. The molecule has 4 nitrogen and oxygen atoms in total. The fourth-order valence-corrected chi connectivity index (χ4v) is 1.85. The van der Waals surface area contributed by atoms with Crippen molar-refractivity contribution in [1.82, 2.24) is 10.6 Å². The van der Waals surface area contributed by atoms with Crippen molar-refractivity contribution in [2.24, 2.45) is 4.99 Å². The van der Waals surface area contributed by atoms with Gasteiger partial charge in [-0.2, -0.15) is 0 Å². The van der Waals surface area contributed by atoms with Crippen LogP contribution < -0.4 is 10.6 Å². The van der Waals surface area contributed by atoms with Crippen molar-refractivity contribution in [2.75, 3.05) is 19.6 Å². The normalized spacial score (nSPS) is 14.7. The van der Waals surface area contributed by atoms with Crippen molar-refractivity contribution < 1.29 is 5.11 Å². The number of aliphatic hydroxyl groups is 1. The largest absolute Gasteiger partial charge is 0.384 e. The average Bonchev–Trinajstić information content (AvgIpc) is 2.46. The van der Waals surface area contributed by atoms with Crippen molar-refractivity contribution in [3.05, 3.63) is 35.9 Å². The highest BCUT2D eigenvalue weighted by molar-refractivity contribution is 5.79. The molecule has 112 valence electrons. The van der Waals surface area contributed by atoms with Crippen LogP contribution in [-0.4, -0.2) is 30.7 Å². The Morgan fingerprint density at radius 1 is 1.20 bits per heavy atom. The van der Waals surface area contributed by atoms with Crippen LogP contribution in [0, 0.1) is 0 Å². The monoisotopic (exact) mass is 277 g/mol. The average molecular weight is 277 g/mol. The van der Waals surface area contributed by atoms with Crippen LogP contribution in [0.3, 0.4) is 0 Å². The van der Waals surface area contributed by atoms with Crippen molar-refractivity contribution in [3.63, 3.8) is 0 Å². The summed E-state index contributed by atoms with van der Waals surface area (Å²) >= 11 is 0. The van der Waals surface area contributed by atoms with Crippen molar-refractivity contribution in [2.45, 2.75) is 39.2 Å². The zero-order valence-electron chi connectivity index (χ0n) is 12.8. The topological polar surface area (TPSA) is 56.7 Å². The second-order valence-corrected chi connectivity index (χ2v) is 5.12. The third-order valence-electron chi connectivity index (χ3n) is 3.11. The number of hydrogen-bond acceptors (Lipinski definition) is 2. The molecule has 1 aromatic carbocycles. The van der Waals surface area contributed by atoms with E-state index < -0.39 is 5.60 Å². The number of guanidine groups is 1. The fourth-order valence-electron chi connectivity index (χ4n) is 1.85. The Labute approximate surface area is 122 Å². The minimum Gasteiger partial charge on any atom is -0.384 e. The molecule has 1 aromatic rings. The molecule has 1 rings (SSSR count). The summed E-state index contributed by atoms with van der Waals surface area (Å²) in [7, 11) is 0. The van der Waals surface area contributed by atoms with E-state index in [1.165, 1.54) is 0 Å². The molecule has 0 amide bonds. The molecular weight excluding hydrogens is 250 g/mol. The molecule has 0 heterocycles. The summed E-state index contributed by atoms with van der Waals surface area (Å²) < 4.78 is 0. The Kier molecular flexibility index (Phi) is 7.09. The molecule has 0 aromatic heterocycles. The molecule has 4 heteroatoms. The molecule has 0 spiro atoms. The molecule has 1 unspecified atom stereocenters. The van der Waals surface area contributed by atoms with Gasteiger partial charge in [-0.1, -0.05) is 43.7 Å². The number of unbranched alkanes of at least 4 members (excludes halogenated alkanes) is 1. The van der Waals surface area contributed by atoms with E-state index in [2.05, 4.69) is 22.5 Å². The zero-order valence-corrected chi connectivity index (χ0v) is 12.8. The van der Waals surface area contributed by atoms with E-state index in [0.29, 0.717) is 6.54 Å². The Morgan fingerprint density at radius 3 is 2.50 bits per heavy atom. The SMILES string of the molecule is CCCCNC(=NCC(C)(O)c1ccccc1)NCC. The summed E-state index contributed by atoms with van der Waals surface area (Å²) in [5.74, 6) is 0.761. The van der Waals surface area contributed by atoms with Crippen LogP contribution in [0.2, 0.25) is 0 Å². The van der Waals surface area contributed by atoms with Crippen molar-refractivity contribution >= 4 is 5.96 Å². The van der Waals surface area contributed by atoms with Gasteiger partial charge < -0.3 is 15.7 Å². The first-order chi connectivity index (χ1) is 9.60. The third-order valence-corrected chi connectivity index (χ3v) is 3.11. The van der Waals surface area contributed by atoms with Crippen LogP contribution in [0.5, 0.6) is 0 Å². The van der Waals surface area contributed by atoms with Gasteiger partial charge in [0.25, 0.3) is 0 Å². The summed E-state index contributed by atoms with van der Waals surface area (Å²) in [6, 6.07) is 9.65. The number of nitrogens with zero attached hydrogens (tertiary/aromatic N) is 1. The van der Waals surface area contributed by atoms with Gasteiger partial charge in [-0.25, -0.2) is 4.99 Å².